The van der Waals surface area contributed by atoms with Gasteiger partial charge in [0.05, 0.1) is 13.2 Å². The lowest BCUT2D eigenvalue weighted by atomic mass is 10.2. The molecule has 0 bridgehead atoms. The van der Waals surface area contributed by atoms with Gasteiger partial charge in [-0.1, -0.05) is 24.3 Å². The van der Waals surface area contributed by atoms with Gasteiger partial charge in [-0.15, -0.1) is 0 Å². The Morgan fingerprint density at radius 2 is 1.97 bits per heavy atom. The number of hydrogen-bond acceptors (Lipinski definition) is 3. The van der Waals surface area contributed by atoms with Gasteiger partial charge in [-0.3, -0.25) is 4.79 Å². The summed E-state index contributed by atoms with van der Waals surface area (Å²) in [6.45, 7) is 5.81. The summed E-state index contributed by atoms with van der Waals surface area (Å²) >= 11 is 0. The van der Waals surface area contributed by atoms with E-state index in [1.807, 2.05) is 30.5 Å². The monoisotopic (exact) mass is 396 g/mol. The Hall–Kier alpha value is -2.76. The number of aromatic nitrogens is 1. The van der Waals surface area contributed by atoms with Crippen molar-refractivity contribution < 1.29 is 4.74 Å². The lowest BCUT2D eigenvalue weighted by Crippen LogP contribution is -2.37. The van der Waals surface area contributed by atoms with Crippen LogP contribution >= 0.6 is 0 Å². The second-order valence-electron chi connectivity index (χ2n) is 7.42. The van der Waals surface area contributed by atoms with Crippen LogP contribution in [0.3, 0.4) is 0 Å². The average Bonchev–Trinajstić information content (AvgIpc) is 3.56. The van der Waals surface area contributed by atoms with Crippen LogP contribution in [0.25, 0.3) is 0 Å². The molecule has 2 N–H and O–H groups in total. The maximum atomic E-state index is 11.7. The molecule has 6 nitrogen and oxygen atoms in total. The Bertz CT molecular complexity index is 843. The molecule has 1 aromatic carbocycles. The fourth-order valence-corrected chi connectivity index (χ4v) is 3.03. The van der Waals surface area contributed by atoms with E-state index >= 15 is 0 Å². The fourth-order valence-electron chi connectivity index (χ4n) is 3.03. The predicted octanol–water partition coefficient (Wildman–Crippen LogP) is 3.17. The summed E-state index contributed by atoms with van der Waals surface area (Å²) in [5.74, 6) is 2.48. The Labute approximate surface area is 173 Å². The van der Waals surface area contributed by atoms with Crippen LogP contribution in [-0.2, 0) is 13.1 Å². The van der Waals surface area contributed by atoms with Gasteiger partial charge in [-0.05, 0) is 50.7 Å². The van der Waals surface area contributed by atoms with Gasteiger partial charge in [0, 0.05) is 37.5 Å². The standard InChI is InChI=1S/C23H32N4O2/c1-2-24-23(25-14-6-8-16-27-15-7-5-11-22(27)28)26-17-20-9-3-4-10-21(20)29-18-19-12-13-19/h3-5,7,9-11,15,19H,2,6,8,12-14,16-18H2,1H3,(H2,24,25,26). The highest BCUT2D eigenvalue weighted by Gasteiger charge is 2.22. The molecule has 0 radical (unpaired) electrons. The SMILES string of the molecule is CCNC(=NCc1ccccc1OCC1CC1)NCCCCn1ccccc1=O. The van der Waals surface area contributed by atoms with Crippen molar-refractivity contribution in [3.05, 3.63) is 64.6 Å². The highest BCUT2D eigenvalue weighted by molar-refractivity contribution is 5.79. The number of unbranched alkanes of at least 4 members (excludes halogenated alkanes) is 1. The third-order valence-corrected chi connectivity index (χ3v) is 4.91. The lowest BCUT2D eigenvalue weighted by molar-refractivity contribution is 0.297. The summed E-state index contributed by atoms with van der Waals surface area (Å²) in [4.78, 5) is 16.4. The molecule has 0 amide bonds. The summed E-state index contributed by atoms with van der Waals surface area (Å²) < 4.78 is 7.73. The van der Waals surface area contributed by atoms with Gasteiger partial charge in [0.15, 0.2) is 5.96 Å². The van der Waals surface area contributed by atoms with Crippen LogP contribution in [0, 0.1) is 5.92 Å². The summed E-state index contributed by atoms with van der Waals surface area (Å²) in [5, 5.41) is 6.68. The maximum Gasteiger partial charge on any atom is 0.250 e. The molecule has 0 saturated heterocycles. The van der Waals surface area contributed by atoms with Crippen LogP contribution in [0.5, 0.6) is 5.75 Å². The van der Waals surface area contributed by atoms with E-state index in [1.54, 1.807) is 16.7 Å². The molecule has 0 spiro atoms. The van der Waals surface area contributed by atoms with Crippen LogP contribution in [0.1, 0.15) is 38.2 Å². The molecule has 1 aliphatic carbocycles. The largest absolute Gasteiger partial charge is 0.493 e. The molecular formula is C23H32N4O2. The van der Waals surface area contributed by atoms with Crippen LogP contribution in [0.4, 0.5) is 0 Å². The third-order valence-electron chi connectivity index (χ3n) is 4.91. The van der Waals surface area contributed by atoms with E-state index in [0.29, 0.717) is 6.54 Å². The van der Waals surface area contributed by atoms with Crippen molar-refractivity contribution in [3.63, 3.8) is 0 Å². The number of benzene rings is 1. The summed E-state index contributed by atoms with van der Waals surface area (Å²) in [6.07, 6.45) is 6.31. The van der Waals surface area contributed by atoms with Gasteiger partial charge >= 0.3 is 0 Å². The van der Waals surface area contributed by atoms with Gasteiger partial charge in [0.1, 0.15) is 5.75 Å². The number of aryl methyl sites for hydroxylation is 1. The van der Waals surface area contributed by atoms with Crippen molar-refractivity contribution >= 4 is 5.96 Å². The quantitative estimate of drug-likeness (QED) is 0.348. The first kappa shape index (κ1) is 21.0. The average molecular weight is 397 g/mol. The molecule has 0 atom stereocenters. The Morgan fingerprint density at radius 3 is 2.76 bits per heavy atom. The Morgan fingerprint density at radius 1 is 1.14 bits per heavy atom. The van der Waals surface area contributed by atoms with Crippen LogP contribution in [-0.4, -0.2) is 30.2 Å². The molecule has 1 heterocycles. The number of ether oxygens (including phenoxy) is 1. The van der Waals surface area contributed by atoms with E-state index in [4.69, 9.17) is 9.73 Å². The molecule has 156 valence electrons. The van der Waals surface area contributed by atoms with Crippen molar-refractivity contribution in [2.45, 2.75) is 45.7 Å². The molecule has 0 aliphatic heterocycles. The highest BCUT2D eigenvalue weighted by atomic mass is 16.5. The summed E-state index contributed by atoms with van der Waals surface area (Å²) in [7, 11) is 0. The molecule has 29 heavy (non-hydrogen) atoms. The van der Waals surface area contributed by atoms with Crippen LogP contribution in [0.2, 0.25) is 0 Å². The van der Waals surface area contributed by atoms with Crippen molar-refractivity contribution in [3.8, 4) is 5.75 Å². The van der Waals surface area contributed by atoms with Crippen molar-refractivity contribution in [2.75, 3.05) is 19.7 Å². The normalized spacial score (nSPS) is 13.9. The number of pyridine rings is 1. The molecule has 3 rings (SSSR count). The fraction of sp³-hybridized carbons (Fsp3) is 0.478. The van der Waals surface area contributed by atoms with Crippen molar-refractivity contribution in [1.29, 1.82) is 0 Å². The molecule has 1 aliphatic rings. The second kappa shape index (κ2) is 11.3. The molecule has 2 aromatic rings. The summed E-state index contributed by atoms with van der Waals surface area (Å²) in [6, 6.07) is 13.4. The highest BCUT2D eigenvalue weighted by Crippen LogP contribution is 2.30. The number of aliphatic imine (C=N–C) groups is 1. The number of nitrogens with zero attached hydrogens (tertiary/aromatic N) is 2. The zero-order valence-corrected chi connectivity index (χ0v) is 17.3. The van der Waals surface area contributed by atoms with Crippen molar-refractivity contribution in [2.24, 2.45) is 10.9 Å². The minimum Gasteiger partial charge on any atom is -0.493 e. The first-order valence-corrected chi connectivity index (χ1v) is 10.6. The van der Waals surface area contributed by atoms with E-state index < -0.39 is 0 Å². The topological polar surface area (TPSA) is 67.7 Å². The van der Waals surface area contributed by atoms with Gasteiger partial charge in [-0.2, -0.15) is 0 Å². The molecule has 1 saturated carbocycles. The molecule has 0 unspecified atom stereocenters. The Kier molecular flexibility index (Phi) is 8.16. The smallest absolute Gasteiger partial charge is 0.250 e. The first-order chi connectivity index (χ1) is 14.3. The van der Waals surface area contributed by atoms with Crippen molar-refractivity contribution in [1.82, 2.24) is 15.2 Å². The zero-order valence-electron chi connectivity index (χ0n) is 17.3. The summed E-state index contributed by atoms with van der Waals surface area (Å²) in [5.41, 5.74) is 1.16. The number of para-hydroxylation sites is 1. The molecule has 1 fully saturated rings. The van der Waals surface area contributed by atoms with Gasteiger partial charge in [-0.25, -0.2) is 4.99 Å². The minimum atomic E-state index is 0.0536. The zero-order chi connectivity index (χ0) is 20.3. The molecule has 1 aromatic heterocycles. The van der Waals surface area contributed by atoms with E-state index in [-0.39, 0.29) is 5.56 Å². The molecule has 6 heteroatoms. The van der Waals surface area contributed by atoms with Crippen LogP contribution in [0.15, 0.2) is 58.4 Å². The number of guanidine groups is 1. The minimum absolute atomic E-state index is 0.0536. The van der Waals surface area contributed by atoms with Gasteiger partial charge in [0.25, 0.3) is 0 Å². The van der Waals surface area contributed by atoms with E-state index in [2.05, 4.69) is 23.6 Å². The first-order valence-electron chi connectivity index (χ1n) is 10.6. The number of hydrogen-bond donors (Lipinski definition) is 2. The van der Waals surface area contributed by atoms with Gasteiger partial charge in [0.2, 0.25) is 5.56 Å². The Balaban J connectivity index is 1.45. The van der Waals surface area contributed by atoms with E-state index in [0.717, 1.165) is 62.3 Å². The third kappa shape index (κ3) is 7.29. The number of rotatable bonds is 11. The van der Waals surface area contributed by atoms with E-state index in [9.17, 15) is 4.79 Å². The van der Waals surface area contributed by atoms with Crippen LogP contribution < -0.4 is 20.9 Å². The van der Waals surface area contributed by atoms with E-state index in [1.165, 1.54) is 12.8 Å². The molecular weight excluding hydrogens is 364 g/mol. The maximum absolute atomic E-state index is 11.7. The predicted molar refractivity (Wildman–Crippen MR) is 117 cm³/mol. The second-order valence-corrected chi connectivity index (χ2v) is 7.42. The van der Waals surface area contributed by atoms with Gasteiger partial charge < -0.3 is 19.9 Å². The number of nitrogens with one attached hydrogen (secondary N) is 2. The lowest BCUT2D eigenvalue weighted by Gasteiger charge is -2.13.